The summed E-state index contributed by atoms with van der Waals surface area (Å²) in [6.45, 7) is 10.5. The van der Waals surface area contributed by atoms with Gasteiger partial charge in [-0.1, -0.05) is 6.92 Å². The summed E-state index contributed by atoms with van der Waals surface area (Å²) in [4.78, 5) is 2.57. The molecule has 0 aromatic heterocycles. The monoisotopic (exact) mass is 258 g/mol. The van der Waals surface area contributed by atoms with Crippen molar-refractivity contribution < 1.29 is 9.47 Å². The second kappa shape index (κ2) is 10.7. The van der Waals surface area contributed by atoms with Crippen LogP contribution in [0.1, 0.15) is 26.2 Å². The third-order valence-electron chi connectivity index (χ3n) is 3.42. The molecule has 1 heterocycles. The fraction of sp³-hybridized carbons (Fsp3) is 1.00. The summed E-state index contributed by atoms with van der Waals surface area (Å²) in [5, 5.41) is 3.52. The molecule has 1 saturated heterocycles. The fourth-order valence-corrected chi connectivity index (χ4v) is 2.40. The molecule has 0 aliphatic carbocycles. The highest BCUT2D eigenvalue weighted by molar-refractivity contribution is 4.76. The van der Waals surface area contributed by atoms with E-state index < -0.39 is 0 Å². The van der Waals surface area contributed by atoms with Crippen LogP contribution >= 0.6 is 0 Å². The van der Waals surface area contributed by atoms with Crippen molar-refractivity contribution in [3.05, 3.63) is 0 Å². The summed E-state index contributed by atoms with van der Waals surface area (Å²) < 4.78 is 10.4. The second-order valence-corrected chi connectivity index (χ2v) is 5.12. The van der Waals surface area contributed by atoms with Gasteiger partial charge in [0.25, 0.3) is 0 Å². The smallest absolute Gasteiger partial charge is 0.0700 e. The molecule has 0 spiro atoms. The lowest BCUT2D eigenvalue weighted by Crippen LogP contribution is -2.27. The average Bonchev–Trinajstić information content (AvgIpc) is 2.82. The number of hydrogen-bond acceptors (Lipinski definition) is 4. The van der Waals surface area contributed by atoms with Crippen molar-refractivity contribution in [3.8, 4) is 0 Å². The van der Waals surface area contributed by atoms with Gasteiger partial charge in [-0.25, -0.2) is 0 Å². The Balaban J connectivity index is 1.91. The fourth-order valence-electron chi connectivity index (χ4n) is 2.40. The van der Waals surface area contributed by atoms with Crippen molar-refractivity contribution in [1.29, 1.82) is 0 Å². The van der Waals surface area contributed by atoms with E-state index in [0.717, 1.165) is 32.1 Å². The number of nitrogens with one attached hydrogen (secondary N) is 1. The van der Waals surface area contributed by atoms with E-state index in [2.05, 4.69) is 17.1 Å². The molecular weight excluding hydrogens is 228 g/mol. The van der Waals surface area contributed by atoms with Gasteiger partial charge in [0.1, 0.15) is 0 Å². The highest BCUT2D eigenvalue weighted by Gasteiger charge is 2.21. The lowest BCUT2D eigenvalue weighted by atomic mass is 10.1. The molecule has 4 nitrogen and oxygen atoms in total. The van der Waals surface area contributed by atoms with E-state index >= 15 is 0 Å². The predicted molar refractivity (Wildman–Crippen MR) is 75.0 cm³/mol. The highest BCUT2D eigenvalue weighted by atomic mass is 16.5. The summed E-state index contributed by atoms with van der Waals surface area (Å²) >= 11 is 0. The Morgan fingerprint density at radius 2 is 2.17 bits per heavy atom. The first kappa shape index (κ1) is 15.9. The van der Waals surface area contributed by atoms with Crippen molar-refractivity contribution in [2.75, 3.05) is 59.7 Å². The number of rotatable bonds is 11. The highest BCUT2D eigenvalue weighted by Crippen LogP contribution is 2.15. The quantitative estimate of drug-likeness (QED) is 0.567. The molecule has 0 amide bonds. The van der Waals surface area contributed by atoms with Crippen LogP contribution in [0.3, 0.4) is 0 Å². The van der Waals surface area contributed by atoms with E-state index in [-0.39, 0.29) is 0 Å². The molecule has 0 aromatic rings. The Bertz CT molecular complexity index is 191. The minimum Gasteiger partial charge on any atom is -0.382 e. The van der Waals surface area contributed by atoms with E-state index in [4.69, 9.17) is 9.47 Å². The van der Waals surface area contributed by atoms with Gasteiger partial charge >= 0.3 is 0 Å². The third-order valence-corrected chi connectivity index (χ3v) is 3.42. The van der Waals surface area contributed by atoms with Crippen LogP contribution in [0.5, 0.6) is 0 Å². The lowest BCUT2D eigenvalue weighted by Gasteiger charge is -2.16. The van der Waals surface area contributed by atoms with Crippen molar-refractivity contribution in [3.63, 3.8) is 0 Å². The molecule has 0 radical (unpaired) electrons. The first-order valence-corrected chi connectivity index (χ1v) is 7.36. The molecule has 0 aromatic carbocycles. The number of hydrogen-bond donors (Lipinski definition) is 1. The third kappa shape index (κ3) is 7.31. The maximum atomic E-state index is 5.48. The van der Waals surface area contributed by atoms with E-state index in [0.29, 0.717) is 6.61 Å². The summed E-state index contributed by atoms with van der Waals surface area (Å²) in [5.41, 5.74) is 0. The predicted octanol–water partition coefficient (Wildman–Crippen LogP) is 1.36. The average molecular weight is 258 g/mol. The van der Waals surface area contributed by atoms with E-state index in [1.54, 1.807) is 7.11 Å². The molecule has 18 heavy (non-hydrogen) atoms. The van der Waals surface area contributed by atoms with E-state index in [1.165, 1.54) is 39.0 Å². The Morgan fingerprint density at radius 3 is 2.94 bits per heavy atom. The largest absolute Gasteiger partial charge is 0.382 e. The van der Waals surface area contributed by atoms with Crippen LogP contribution in [0.4, 0.5) is 0 Å². The first-order chi connectivity index (χ1) is 8.86. The zero-order chi connectivity index (χ0) is 13.1. The molecular formula is C14H30N2O2. The summed E-state index contributed by atoms with van der Waals surface area (Å²) in [7, 11) is 1.71. The maximum Gasteiger partial charge on any atom is 0.0700 e. The van der Waals surface area contributed by atoms with Gasteiger partial charge in [-0.2, -0.15) is 0 Å². The van der Waals surface area contributed by atoms with E-state index in [1.807, 2.05) is 0 Å². The molecule has 1 rings (SSSR count). The van der Waals surface area contributed by atoms with Crippen LogP contribution < -0.4 is 5.32 Å². The molecule has 0 bridgehead atoms. The molecule has 4 heteroatoms. The Hall–Kier alpha value is -0.160. The summed E-state index contributed by atoms with van der Waals surface area (Å²) in [6.07, 6.45) is 3.72. The minimum absolute atomic E-state index is 0.703. The van der Waals surface area contributed by atoms with Gasteiger partial charge in [-0.15, -0.1) is 0 Å². The zero-order valence-electron chi connectivity index (χ0n) is 12.1. The van der Waals surface area contributed by atoms with Gasteiger partial charge in [0.2, 0.25) is 0 Å². The maximum absolute atomic E-state index is 5.48. The van der Waals surface area contributed by atoms with Crippen molar-refractivity contribution in [1.82, 2.24) is 10.2 Å². The zero-order valence-corrected chi connectivity index (χ0v) is 12.1. The van der Waals surface area contributed by atoms with Crippen LogP contribution in [0.2, 0.25) is 0 Å². The topological polar surface area (TPSA) is 33.7 Å². The second-order valence-electron chi connectivity index (χ2n) is 5.12. The molecule has 1 unspecified atom stereocenters. The first-order valence-electron chi connectivity index (χ1n) is 7.36. The number of nitrogens with zero attached hydrogens (tertiary/aromatic N) is 1. The molecule has 1 atom stereocenters. The molecule has 1 aliphatic heterocycles. The van der Waals surface area contributed by atoms with Gasteiger partial charge < -0.3 is 19.7 Å². The van der Waals surface area contributed by atoms with Gasteiger partial charge in [-0.05, 0) is 44.8 Å². The summed E-state index contributed by atoms with van der Waals surface area (Å²) in [6, 6.07) is 0. The number of likely N-dealkylation sites (tertiary alicyclic amines) is 1. The van der Waals surface area contributed by atoms with Crippen LogP contribution in [-0.2, 0) is 9.47 Å². The van der Waals surface area contributed by atoms with Crippen molar-refractivity contribution in [2.24, 2.45) is 5.92 Å². The van der Waals surface area contributed by atoms with Gasteiger partial charge in [-0.3, -0.25) is 0 Å². The van der Waals surface area contributed by atoms with Gasteiger partial charge in [0.05, 0.1) is 13.2 Å². The SMILES string of the molecule is CCCNCC1CCN(CCCOCCOC)C1. The molecule has 1 fully saturated rings. The number of ether oxygens (including phenoxy) is 2. The standard InChI is InChI=1S/C14H30N2O2/c1-3-6-15-12-14-5-8-16(13-14)7-4-9-18-11-10-17-2/h14-15H,3-13H2,1-2H3. The molecule has 1 N–H and O–H groups in total. The van der Waals surface area contributed by atoms with Crippen LogP contribution in [0.25, 0.3) is 0 Å². The molecule has 1 aliphatic rings. The van der Waals surface area contributed by atoms with Gasteiger partial charge in [0.15, 0.2) is 0 Å². The number of methoxy groups -OCH3 is 1. The normalized spacial score (nSPS) is 20.7. The van der Waals surface area contributed by atoms with Crippen molar-refractivity contribution in [2.45, 2.75) is 26.2 Å². The Morgan fingerprint density at radius 1 is 1.28 bits per heavy atom. The molecule has 0 saturated carbocycles. The minimum atomic E-state index is 0.703. The molecule has 108 valence electrons. The Labute approximate surface area is 112 Å². The van der Waals surface area contributed by atoms with E-state index in [9.17, 15) is 0 Å². The van der Waals surface area contributed by atoms with Crippen molar-refractivity contribution >= 4 is 0 Å². The van der Waals surface area contributed by atoms with Crippen LogP contribution in [0, 0.1) is 5.92 Å². The van der Waals surface area contributed by atoms with Crippen LogP contribution in [-0.4, -0.2) is 64.6 Å². The van der Waals surface area contributed by atoms with Gasteiger partial charge in [0, 0.05) is 26.8 Å². The summed E-state index contributed by atoms with van der Waals surface area (Å²) in [5.74, 6) is 0.853. The Kier molecular flexibility index (Phi) is 9.48. The lowest BCUT2D eigenvalue weighted by molar-refractivity contribution is 0.0661. The van der Waals surface area contributed by atoms with Crippen LogP contribution in [0.15, 0.2) is 0 Å².